The van der Waals surface area contributed by atoms with Gasteiger partial charge in [0.2, 0.25) is 10.0 Å². The molecule has 0 saturated heterocycles. The fourth-order valence-corrected chi connectivity index (χ4v) is 3.56. The van der Waals surface area contributed by atoms with Crippen LogP contribution in [0, 0.1) is 0 Å². The van der Waals surface area contributed by atoms with E-state index in [4.69, 9.17) is 4.74 Å². The normalized spacial score (nSPS) is 12.4. The Bertz CT molecular complexity index is 848. The molecule has 1 amide bonds. The molecule has 0 saturated carbocycles. The molecule has 6 nitrogen and oxygen atoms in total. The number of rotatable bonds is 8. The zero-order chi connectivity index (χ0) is 19.2. The van der Waals surface area contributed by atoms with Crippen molar-refractivity contribution in [3.8, 4) is 5.75 Å². The summed E-state index contributed by atoms with van der Waals surface area (Å²) in [5, 5.41) is 2.75. The summed E-state index contributed by atoms with van der Waals surface area (Å²) in [6, 6.07) is 12.8. The van der Waals surface area contributed by atoms with Crippen molar-refractivity contribution in [2.75, 3.05) is 11.9 Å². The number of carbonyl (C=O) groups is 1. The van der Waals surface area contributed by atoms with Gasteiger partial charge in [-0.15, -0.1) is 0 Å². The molecule has 0 heterocycles. The fourth-order valence-electron chi connectivity index (χ4n) is 2.23. The third-order valence-electron chi connectivity index (χ3n) is 3.80. The maximum absolute atomic E-state index is 12.3. The van der Waals surface area contributed by atoms with Crippen LogP contribution in [0.2, 0.25) is 0 Å². The van der Waals surface area contributed by atoms with E-state index in [9.17, 15) is 13.2 Å². The molecule has 0 aliphatic rings. The van der Waals surface area contributed by atoms with Crippen molar-refractivity contribution in [2.24, 2.45) is 0 Å². The molecular weight excluding hydrogens is 352 g/mol. The molecule has 0 radical (unpaired) electrons. The van der Waals surface area contributed by atoms with E-state index in [1.54, 1.807) is 36.4 Å². The Morgan fingerprint density at radius 3 is 2.42 bits per heavy atom. The second-order valence-corrected chi connectivity index (χ2v) is 7.58. The van der Waals surface area contributed by atoms with Gasteiger partial charge in [0.15, 0.2) is 0 Å². The zero-order valence-electron chi connectivity index (χ0n) is 15.2. The Kier molecular flexibility index (Phi) is 6.76. The first kappa shape index (κ1) is 19.9. The minimum atomic E-state index is -3.56. The maximum Gasteiger partial charge on any atom is 0.255 e. The van der Waals surface area contributed by atoms with Gasteiger partial charge < -0.3 is 10.1 Å². The zero-order valence-corrected chi connectivity index (χ0v) is 16.0. The van der Waals surface area contributed by atoms with E-state index in [1.165, 1.54) is 12.1 Å². The Morgan fingerprint density at radius 2 is 1.81 bits per heavy atom. The number of hydrogen-bond donors (Lipinski definition) is 2. The van der Waals surface area contributed by atoms with Gasteiger partial charge in [-0.2, -0.15) is 0 Å². The van der Waals surface area contributed by atoms with Gasteiger partial charge in [-0.25, -0.2) is 13.1 Å². The molecule has 140 valence electrons. The number of hydrogen-bond acceptors (Lipinski definition) is 4. The second-order valence-electron chi connectivity index (χ2n) is 5.87. The van der Waals surface area contributed by atoms with Crippen LogP contribution >= 0.6 is 0 Å². The molecule has 0 aromatic heterocycles. The average molecular weight is 376 g/mol. The number of anilines is 1. The highest BCUT2D eigenvalue weighted by atomic mass is 32.2. The number of carbonyl (C=O) groups excluding carboxylic acids is 1. The summed E-state index contributed by atoms with van der Waals surface area (Å²) >= 11 is 0. The molecule has 2 N–H and O–H groups in total. The smallest absolute Gasteiger partial charge is 0.255 e. The van der Waals surface area contributed by atoms with Gasteiger partial charge in [0.25, 0.3) is 5.91 Å². The first-order valence-electron chi connectivity index (χ1n) is 8.52. The van der Waals surface area contributed by atoms with Crippen LogP contribution < -0.4 is 14.8 Å². The van der Waals surface area contributed by atoms with Crippen molar-refractivity contribution in [1.82, 2.24) is 4.72 Å². The first-order chi connectivity index (χ1) is 12.4. The predicted molar refractivity (Wildman–Crippen MR) is 102 cm³/mol. The van der Waals surface area contributed by atoms with Crippen molar-refractivity contribution in [3.05, 3.63) is 54.1 Å². The van der Waals surface area contributed by atoms with Crippen molar-refractivity contribution in [1.29, 1.82) is 0 Å². The summed E-state index contributed by atoms with van der Waals surface area (Å²) in [5.74, 6) is 0.331. The molecule has 1 unspecified atom stereocenters. The standard InChI is InChI=1S/C19H24N2O4S/c1-4-14(3)21-26(23,24)18-11-9-16(10-12-18)20-19(22)15-7-6-8-17(13-15)25-5-2/h6-14,21H,4-5H2,1-3H3,(H,20,22). The highest BCUT2D eigenvalue weighted by Gasteiger charge is 2.16. The van der Waals surface area contributed by atoms with Crippen LogP contribution in [-0.2, 0) is 10.0 Å². The molecule has 0 spiro atoms. The summed E-state index contributed by atoms with van der Waals surface area (Å²) in [5.41, 5.74) is 0.977. The molecule has 1 atom stereocenters. The molecule has 0 bridgehead atoms. The van der Waals surface area contributed by atoms with Gasteiger partial charge in [0, 0.05) is 17.3 Å². The lowest BCUT2D eigenvalue weighted by atomic mass is 10.2. The third-order valence-corrected chi connectivity index (χ3v) is 5.40. The Balaban J connectivity index is 2.09. The van der Waals surface area contributed by atoms with Crippen LogP contribution in [0.3, 0.4) is 0 Å². The summed E-state index contributed by atoms with van der Waals surface area (Å²) in [6.45, 7) is 6.11. The molecule has 26 heavy (non-hydrogen) atoms. The van der Waals surface area contributed by atoms with Crippen LogP contribution in [0.5, 0.6) is 5.75 Å². The summed E-state index contributed by atoms with van der Waals surface area (Å²) < 4.78 is 32.5. The van der Waals surface area contributed by atoms with Gasteiger partial charge >= 0.3 is 0 Å². The minimum Gasteiger partial charge on any atom is -0.494 e. The van der Waals surface area contributed by atoms with Crippen LogP contribution in [0.25, 0.3) is 0 Å². The quantitative estimate of drug-likeness (QED) is 0.739. The SMILES string of the molecule is CCOc1cccc(C(=O)Nc2ccc(S(=O)(=O)NC(C)CC)cc2)c1. The molecule has 2 aromatic carbocycles. The molecule has 2 rings (SSSR count). The van der Waals surface area contributed by atoms with Crippen molar-refractivity contribution in [3.63, 3.8) is 0 Å². The molecule has 0 aliphatic carbocycles. The van der Waals surface area contributed by atoms with Crippen LogP contribution in [-0.4, -0.2) is 27.0 Å². The van der Waals surface area contributed by atoms with Gasteiger partial charge in [0.05, 0.1) is 11.5 Å². The highest BCUT2D eigenvalue weighted by Crippen LogP contribution is 2.17. The topological polar surface area (TPSA) is 84.5 Å². The van der Waals surface area contributed by atoms with E-state index in [1.807, 2.05) is 20.8 Å². The van der Waals surface area contributed by atoms with Gasteiger partial charge in [-0.1, -0.05) is 13.0 Å². The monoisotopic (exact) mass is 376 g/mol. The Morgan fingerprint density at radius 1 is 1.12 bits per heavy atom. The van der Waals surface area contributed by atoms with E-state index in [2.05, 4.69) is 10.0 Å². The van der Waals surface area contributed by atoms with Gasteiger partial charge in [-0.3, -0.25) is 4.79 Å². The number of ether oxygens (including phenoxy) is 1. The van der Waals surface area contributed by atoms with E-state index >= 15 is 0 Å². The predicted octanol–water partition coefficient (Wildman–Crippen LogP) is 3.41. The van der Waals surface area contributed by atoms with E-state index in [-0.39, 0.29) is 16.8 Å². The number of sulfonamides is 1. The summed E-state index contributed by atoms with van der Waals surface area (Å²) in [7, 11) is -3.56. The van der Waals surface area contributed by atoms with E-state index in [0.29, 0.717) is 30.0 Å². The largest absolute Gasteiger partial charge is 0.494 e. The van der Waals surface area contributed by atoms with Crippen molar-refractivity contribution >= 4 is 21.6 Å². The lowest BCUT2D eigenvalue weighted by Crippen LogP contribution is -2.31. The van der Waals surface area contributed by atoms with Crippen LogP contribution in [0.4, 0.5) is 5.69 Å². The minimum absolute atomic E-state index is 0.142. The Labute approximate surface area is 154 Å². The maximum atomic E-state index is 12.3. The molecule has 0 fully saturated rings. The average Bonchev–Trinajstić information content (AvgIpc) is 2.62. The van der Waals surface area contributed by atoms with Crippen molar-refractivity contribution in [2.45, 2.75) is 38.1 Å². The van der Waals surface area contributed by atoms with E-state index in [0.717, 1.165) is 0 Å². The number of nitrogens with one attached hydrogen (secondary N) is 2. The fraction of sp³-hybridized carbons (Fsp3) is 0.316. The summed E-state index contributed by atoms with van der Waals surface area (Å²) in [6.07, 6.45) is 0.703. The van der Waals surface area contributed by atoms with Gasteiger partial charge in [-0.05, 0) is 62.7 Å². The van der Waals surface area contributed by atoms with E-state index < -0.39 is 10.0 Å². The lowest BCUT2D eigenvalue weighted by Gasteiger charge is -2.12. The third kappa shape index (κ3) is 5.31. The second kappa shape index (κ2) is 8.82. The lowest BCUT2D eigenvalue weighted by molar-refractivity contribution is 0.102. The Hall–Kier alpha value is -2.38. The molecule has 2 aromatic rings. The molecule has 7 heteroatoms. The number of amides is 1. The van der Waals surface area contributed by atoms with Crippen molar-refractivity contribution < 1.29 is 17.9 Å². The van der Waals surface area contributed by atoms with Crippen LogP contribution in [0.1, 0.15) is 37.6 Å². The first-order valence-corrected chi connectivity index (χ1v) is 10.0. The van der Waals surface area contributed by atoms with Crippen LogP contribution in [0.15, 0.2) is 53.4 Å². The molecule has 0 aliphatic heterocycles. The molecular formula is C19H24N2O4S. The number of benzene rings is 2. The summed E-state index contributed by atoms with van der Waals surface area (Å²) in [4.78, 5) is 12.5. The highest BCUT2D eigenvalue weighted by molar-refractivity contribution is 7.89. The van der Waals surface area contributed by atoms with Gasteiger partial charge in [0.1, 0.15) is 5.75 Å².